The normalized spacial score (nSPS) is 12.7. The second-order valence-corrected chi connectivity index (χ2v) is 5.14. The van der Waals surface area contributed by atoms with Crippen molar-refractivity contribution in [2.24, 2.45) is 0 Å². The predicted octanol–water partition coefficient (Wildman–Crippen LogP) is 3.11. The van der Waals surface area contributed by atoms with Crippen LogP contribution in [-0.2, 0) is 22.6 Å². The van der Waals surface area contributed by atoms with Gasteiger partial charge < -0.3 is 14.8 Å². The second kappa shape index (κ2) is 8.64. The highest BCUT2D eigenvalue weighted by Gasteiger charge is 2.05. The fourth-order valence-corrected chi connectivity index (χ4v) is 2.14. The van der Waals surface area contributed by atoms with E-state index in [4.69, 9.17) is 9.47 Å². The summed E-state index contributed by atoms with van der Waals surface area (Å²) in [6.45, 7) is 7.22. The Morgan fingerprint density at radius 2 is 2.17 bits per heavy atom. The highest BCUT2D eigenvalue weighted by atomic mass is 79.9. The van der Waals surface area contributed by atoms with E-state index in [0.717, 1.165) is 17.6 Å². The number of methoxy groups -OCH3 is 1. The number of ether oxygens (including phenoxy) is 2. The van der Waals surface area contributed by atoms with E-state index in [1.807, 2.05) is 6.92 Å². The monoisotopic (exact) mass is 315 g/mol. The number of nitrogens with one attached hydrogen (secondary N) is 1. The molecule has 18 heavy (non-hydrogen) atoms. The van der Waals surface area contributed by atoms with Crippen molar-refractivity contribution >= 4 is 15.9 Å². The minimum atomic E-state index is 0.114. The molecule has 0 heterocycles. The molecular weight excluding hydrogens is 294 g/mol. The Hall–Kier alpha value is -0.420. The van der Waals surface area contributed by atoms with E-state index >= 15 is 0 Å². The molecule has 1 atom stereocenters. The fraction of sp³-hybridized carbons (Fsp3) is 0.571. The maximum Gasteiger partial charge on any atom is 0.0784 e. The van der Waals surface area contributed by atoms with Gasteiger partial charge in [-0.3, -0.25) is 0 Å². The van der Waals surface area contributed by atoms with Crippen LogP contribution in [0.3, 0.4) is 0 Å². The SMILES string of the molecule is CCNCc1ccc(COC(C)COC)c(Br)c1. The van der Waals surface area contributed by atoms with Gasteiger partial charge in [0.2, 0.25) is 0 Å². The van der Waals surface area contributed by atoms with Crippen molar-refractivity contribution in [2.45, 2.75) is 33.1 Å². The van der Waals surface area contributed by atoms with Gasteiger partial charge in [-0.25, -0.2) is 0 Å². The molecule has 3 nitrogen and oxygen atoms in total. The van der Waals surface area contributed by atoms with Crippen LogP contribution in [0.15, 0.2) is 22.7 Å². The second-order valence-electron chi connectivity index (χ2n) is 4.28. The van der Waals surface area contributed by atoms with Crippen molar-refractivity contribution in [3.05, 3.63) is 33.8 Å². The Morgan fingerprint density at radius 1 is 1.39 bits per heavy atom. The van der Waals surface area contributed by atoms with Crippen LogP contribution in [0, 0.1) is 0 Å². The number of hydrogen-bond donors (Lipinski definition) is 1. The zero-order valence-corrected chi connectivity index (χ0v) is 12.9. The summed E-state index contributed by atoms with van der Waals surface area (Å²) in [5.41, 5.74) is 2.44. The first kappa shape index (κ1) is 15.6. The van der Waals surface area contributed by atoms with E-state index in [-0.39, 0.29) is 6.10 Å². The van der Waals surface area contributed by atoms with Gasteiger partial charge in [-0.15, -0.1) is 0 Å². The van der Waals surface area contributed by atoms with E-state index in [9.17, 15) is 0 Å². The summed E-state index contributed by atoms with van der Waals surface area (Å²) in [6, 6.07) is 6.38. The molecule has 0 aliphatic rings. The maximum atomic E-state index is 5.70. The third-order valence-corrected chi connectivity index (χ3v) is 3.36. The Labute approximate surface area is 118 Å². The van der Waals surface area contributed by atoms with Crippen molar-refractivity contribution in [2.75, 3.05) is 20.3 Å². The summed E-state index contributed by atoms with van der Waals surface area (Å²) < 4.78 is 11.8. The lowest BCUT2D eigenvalue weighted by molar-refractivity contribution is -0.000332. The molecular formula is C14H22BrNO2. The molecule has 0 spiro atoms. The molecule has 0 aliphatic carbocycles. The zero-order chi connectivity index (χ0) is 13.4. The number of halogens is 1. The van der Waals surface area contributed by atoms with Crippen LogP contribution < -0.4 is 5.32 Å². The molecule has 1 unspecified atom stereocenters. The third kappa shape index (κ3) is 5.48. The van der Waals surface area contributed by atoms with E-state index in [0.29, 0.717) is 13.2 Å². The zero-order valence-electron chi connectivity index (χ0n) is 11.3. The molecule has 0 bridgehead atoms. The lowest BCUT2D eigenvalue weighted by Crippen LogP contribution is -2.15. The van der Waals surface area contributed by atoms with Gasteiger partial charge in [-0.1, -0.05) is 35.0 Å². The van der Waals surface area contributed by atoms with E-state index in [2.05, 4.69) is 46.4 Å². The topological polar surface area (TPSA) is 30.5 Å². The molecule has 0 saturated heterocycles. The van der Waals surface area contributed by atoms with Crippen LogP contribution >= 0.6 is 15.9 Å². The minimum absolute atomic E-state index is 0.114. The van der Waals surface area contributed by atoms with Gasteiger partial charge in [0, 0.05) is 18.1 Å². The van der Waals surface area contributed by atoms with Gasteiger partial charge in [0.25, 0.3) is 0 Å². The Morgan fingerprint density at radius 3 is 2.78 bits per heavy atom. The van der Waals surface area contributed by atoms with Crippen LogP contribution in [0.1, 0.15) is 25.0 Å². The predicted molar refractivity (Wildman–Crippen MR) is 77.6 cm³/mol. The van der Waals surface area contributed by atoms with Gasteiger partial charge in [0.05, 0.1) is 19.3 Å². The summed E-state index contributed by atoms with van der Waals surface area (Å²) in [5, 5.41) is 3.31. The number of hydrogen-bond acceptors (Lipinski definition) is 3. The van der Waals surface area contributed by atoms with E-state index in [1.54, 1.807) is 7.11 Å². The van der Waals surface area contributed by atoms with Crippen LogP contribution in [0.25, 0.3) is 0 Å². The molecule has 0 amide bonds. The van der Waals surface area contributed by atoms with Crippen molar-refractivity contribution in [1.29, 1.82) is 0 Å². The standard InChI is InChI=1S/C14H22BrNO2/c1-4-16-8-12-5-6-13(14(15)7-12)10-18-11(2)9-17-3/h5-7,11,16H,4,8-10H2,1-3H3. The largest absolute Gasteiger partial charge is 0.382 e. The van der Waals surface area contributed by atoms with Crippen LogP contribution in [-0.4, -0.2) is 26.4 Å². The van der Waals surface area contributed by atoms with Crippen molar-refractivity contribution in [1.82, 2.24) is 5.32 Å². The smallest absolute Gasteiger partial charge is 0.0784 e. The van der Waals surface area contributed by atoms with E-state index in [1.165, 1.54) is 11.1 Å². The first-order valence-electron chi connectivity index (χ1n) is 6.26. The summed E-state index contributed by atoms with van der Waals surface area (Å²) in [6.07, 6.45) is 0.114. The molecule has 0 fully saturated rings. The van der Waals surface area contributed by atoms with Gasteiger partial charge in [0.1, 0.15) is 0 Å². The van der Waals surface area contributed by atoms with Gasteiger partial charge in [-0.05, 0) is 30.7 Å². The highest BCUT2D eigenvalue weighted by Crippen LogP contribution is 2.20. The van der Waals surface area contributed by atoms with Gasteiger partial charge in [-0.2, -0.15) is 0 Å². The van der Waals surface area contributed by atoms with Crippen molar-refractivity contribution < 1.29 is 9.47 Å². The molecule has 1 aromatic carbocycles. The molecule has 0 saturated carbocycles. The van der Waals surface area contributed by atoms with Crippen molar-refractivity contribution in [3.8, 4) is 0 Å². The van der Waals surface area contributed by atoms with Crippen LogP contribution in [0.2, 0.25) is 0 Å². The van der Waals surface area contributed by atoms with Crippen LogP contribution in [0.4, 0.5) is 0 Å². The van der Waals surface area contributed by atoms with Crippen molar-refractivity contribution in [3.63, 3.8) is 0 Å². The fourth-order valence-electron chi connectivity index (χ4n) is 1.60. The number of benzene rings is 1. The molecule has 0 radical (unpaired) electrons. The lowest BCUT2D eigenvalue weighted by Gasteiger charge is -2.13. The quantitative estimate of drug-likeness (QED) is 0.799. The molecule has 102 valence electrons. The molecule has 4 heteroatoms. The summed E-state index contributed by atoms with van der Waals surface area (Å²) >= 11 is 3.59. The molecule has 0 aliphatic heterocycles. The number of rotatable bonds is 8. The Kier molecular flexibility index (Phi) is 7.51. The molecule has 0 aromatic heterocycles. The Bertz CT molecular complexity index is 358. The van der Waals surface area contributed by atoms with Crippen LogP contribution in [0.5, 0.6) is 0 Å². The minimum Gasteiger partial charge on any atom is -0.382 e. The van der Waals surface area contributed by atoms with E-state index < -0.39 is 0 Å². The van der Waals surface area contributed by atoms with Gasteiger partial charge >= 0.3 is 0 Å². The average Bonchev–Trinajstić information content (AvgIpc) is 2.35. The van der Waals surface area contributed by atoms with Gasteiger partial charge in [0.15, 0.2) is 0 Å². The third-order valence-electron chi connectivity index (χ3n) is 2.62. The average molecular weight is 316 g/mol. The maximum absolute atomic E-state index is 5.70. The first-order chi connectivity index (χ1) is 8.67. The highest BCUT2D eigenvalue weighted by molar-refractivity contribution is 9.10. The summed E-state index contributed by atoms with van der Waals surface area (Å²) in [7, 11) is 1.69. The molecule has 1 rings (SSSR count). The first-order valence-corrected chi connectivity index (χ1v) is 7.05. The lowest BCUT2D eigenvalue weighted by atomic mass is 10.1. The Balaban J connectivity index is 2.51. The molecule has 1 aromatic rings. The summed E-state index contributed by atoms with van der Waals surface area (Å²) in [5.74, 6) is 0. The summed E-state index contributed by atoms with van der Waals surface area (Å²) in [4.78, 5) is 0. The molecule has 1 N–H and O–H groups in total.